The van der Waals surface area contributed by atoms with E-state index in [0.717, 1.165) is 5.69 Å². The Morgan fingerprint density at radius 3 is 2.74 bits per heavy atom. The van der Waals surface area contributed by atoms with Gasteiger partial charge in [-0.15, -0.1) is 11.3 Å². The van der Waals surface area contributed by atoms with Crippen molar-refractivity contribution in [1.29, 1.82) is 0 Å². The van der Waals surface area contributed by atoms with Crippen LogP contribution in [0.15, 0.2) is 24.7 Å². The summed E-state index contributed by atoms with van der Waals surface area (Å²) < 4.78 is 1.37. The van der Waals surface area contributed by atoms with Gasteiger partial charge in [0.05, 0.1) is 5.69 Å². The zero-order valence-electron chi connectivity index (χ0n) is 14.0. The predicted octanol–water partition coefficient (Wildman–Crippen LogP) is 5.67. The second-order valence-electron chi connectivity index (χ2n) is 6.86. The van der Waals surface area contributed by atoms with Crippen LogP contribution in [0.25, 0.3) is 21.3 Å². The summed E-state index contributed by atoms with van der Waals surface area (Å²) >= 11 is 1.96. The third-order valence-electron chi connectivity index (χ3n) is 4.91. The van der Waals surface area contributed by atoms with Crippen LogP contribution in [-0.2, 0) is 12.8 Å². The van der Waals surface area contributed by atoms with Crippen molar-refractivity contribution >= 4 is 21.4 Å². The number of fused-ring (bicyclic) bond motifs is 3. The highest BCUT2D eigenvalue weighted by molar-refractivity contribution is 7.19. The van der Waals surface area contributed by atoms with Gasteiger partial charge in [-0.1, -0.05) is 13.8 Å². The second-order valence-corrected chi connectivity index (χ2v) is 7.96. The lowest BCUT2D eigenvalue weighted by molar-refractivity contribution is 0.700. The highest BCUT2D eigenvalue weighted by Gasteiger charge is 2.19. The van der Waals surface area contributed by atoms with E-state index in [0.29, 0.717) is 5.92 Å². The Balaban J connectivity index is 1.92. The van der Waals surface area contributed by atoms with Crippen molar-refractivity contribution in [2.45, 2.75) is 52.4 Å². The van der Waals surface area contributed by atoms with E-state index in [9.17, 15) is 0 Å². The molecule has 3 aromatic rings. The maximum absolute atomic E-state index is 4.71. The third-order valence-corrected chi connectivity index (χ3v) is 6.25. The zero-order chi connectivity index (χ0) is 16.0. The standard InChI is InChI=1S/C20H22N2S/c1-12(2)15-8-18(22-9-13(15)3)17-11-21-10-16-14-6-4-5-7-19(14)23-20(16)17/h8-12H,4-7H2,1-3H3. The Morgan fingerprint density at radius 2 is 1.91 bits per heavy atom. The Morgan fingerprint density at radius 1 is 1.09 bits per heavy atom. The molecule has 1 aliphatic rings. The number of aryl methyl sites for hydroxylation is 3. The van der Waals surface area contributed by atoms with Crippen molar-refractivity contribution in [3.8, 4) is 11.3 Å². The summed E-state index contributed by atoms with van der Waals surface area (Å²) in [5, 5.41) is 1.36. The lowest BCUT2D eigenvalue weighted by Crippen LogP contribution is -1.98. The van der Waals surface area contributed by atoms with Crippen molar-refractivity contribution in [1.82, 2.24) is 9.97 Å². The van der Waals surface area contributed by atoms with Crippen LogP contribution in [0.3, 0.4) is 0 Å². The molecule has 0 aromatic carbocycles. The van der Waals surface area contributed by atoms with Crippen LogP contribution in [0.4, 0.5) is 0 Å². The molecule has 0 atom stereocenters. The largest absolute Gasteiger partial charge is 0.263 e. The van der Waals surface area contributed by atoms with Gasteiger partial charge in [0.2, 0.25) is 0 Å². The molecule has 0 bridgehead atoms. The molecule has 118 valence electrons. The molecule has 2 nitrogen and oxygen atoms in total. The molecule has 23 heavy (non-hydrogen) atoms. The number of hydrogen-bond donors (Lipinski definition) is 0. The summed E-state index contributed by atoms with van der Waals surface area (Å²) in [6.07, 6.45) is 11.1. The van der Waals surface area contributed by atoms with Gasteiger partial charge >= 0.3 is 0 Å². The van der Waals surface area contributed by atoms with Gasteiger partial charge in [-0.3, -0.25) is 9.97 Å². The topological polar surface area (TPSA) is 25.8 Å². The van der Waals surface area contributed by atoms with Gasteiger partial charge in [0, 0.05) is 39.1 Å². The first-order valence-electron chi connectivity index (χ1n) is 8.50. The normalized spacial score (nSPS) is 14.4. The molecule has 0 radical (unpaired) electrons. The Labute approximate surface area is 141 Å². The summed E-state index contributed by atoms with van der Waals surface area (Å²) in [7, 11) is 0. The maximum atomic E-state index is 4.71. The minimum absolute atomic E-state index is 0.514. The molecule has 0 amide bonds. The van der Waals surface area contributed by atoms with Gasteiger partial charge in [0.15, 0.2) is 0 Å². The quantitative estimate of drug-likeness (QED) is 0.607. The Kier molecular flexibility index (Phi) is 3.68. The van der Waals surface area contributed by atoms with E-state index in [-0.39, 0.29) is 0 Å². The van der Waals surface area contributed by atoms with E-state index >= 15 is 0 Å². The van der Waals surface area contributed by atoms with Crippen LogP contribution in [0.5, 0.6) is 0 Å². The summed E-state index contributed by atoms with van der Waals surface area (Å²) in [5.41, 5.74) is 6.46. The molecule has 1 aliphatic carbocycles. The maximum Gasteiger partial charge on any atom is 0.0734 e. The lowest BCUT2D eigenvalue weighted by Gasteiger charge is -2.12. The summed E-state index contributed by atoms with van der Waals surface area (Å²) in [4.78, 5) is 10.8. The van der Waals surface area contributed by atoms with E-state index in [4.69, 9.17) is 4.98 Å². The van der Waals surface area contributed by atoms with Gasteiger partial charge in [-0.05, 0) is 61.3 Å². The first-order valence-corrected chi connectivity index (χ1v) is 9.32. The van der Waals surface area contributed by atoms with Crippen LogP contribution in [0.1, 0.15) is 54.2 Å². The van der Waals surface area contributed by atoms with Crippen molar-refractivity contribution < 1.29 is 0 Å². The molecule has 0 N–H and O–H groups in total. The molecular formula is C20H22N2S. The van der Waals surface area contributed by atoms with Crippen molar-refractivity contribution in [3.05, 3.63) is 46.2 Å². The van der Waals surface area contributed by atoms with Crippen molar-refractivity contribution in [2.75, 3.05) is 0 Å². The molecular weight excluding hydrogens is 300 g/mol. The molecule has 0 saturated carbocycles. The smallest absolute Gasteiger partial charge is 0.0734 e. The molecule has 0 aliphatic heterocycles. The highest BCUT2D eigenvalue weighted by Crippen LogP contribution is 2.40. The van der Waals surface area contributed by atoms with Crippen LogP contribution < -0.4 is 0 Å². The third kappa shape index (κ3) is 2.47. The fourth-order valence-corrected chi connectivity index (χ4v) is 5.04. The molecule has 0 saturated heterocycles. The van der Waals surface area contributed by atoms with E-state index < -0.39 is 0 Å². The SMILES string of the molecule is Cc1cnc(-c2cncc3c4c(sc23)CCCC4)cc1C(C)C. The molecule has 3 aromatic heterocycles. The van der Waals surface area contributed by atoms with Crippen LogP contribution in [-0.4, -0.2) is 9.97 Å². The van der Waals surface area contributed by atoms with Crippen LogP contribution >= 0.6 is 11.3 Å². The second kappa shape index (κ2) is 5.72. The van der Waals surface area contributed by atoms with E-state index in [1.165, 1.54) is 52.5 Å². The predicted molar refractivity (Wildman–Crippen MR) is 98.3 cm³/mol. The lowest BCUT2D eigenvalue weighted by atomic mass is 9.95. The highest BCUT2D eigenvalue weighted by atomic mass is 32.1. The molecule has 3 heterocycles. The molecule has 3 heteroatoms. The number of rotatable bonds is 2. The fourth-order valence-electron chi connectivity index (χ4n) is 3.66. The average molecular weight is 322 g/mol. The van der Waals surface area contributed by atoms with Gasteiger partial charge in [-0.2, -0.15) is 0 Å². The number of pyridine rings is 2. The van der Waals surface area contributed by atoms with Crippen LogP contribution in [0, 0.1) is 6.92 Å². The Hall–Kier alpha value is -1.74. The first kappa shape index (κ1) is 14.8. The summed E-state index contributed by atoms with van der Waals surface area (Å²) in [5.74, 6) is 0.514. The molecule has 4 rings (SSSR count). The Bertz CT molecular complexity index is 877. The minimum Gasteiger partial charge on any atom is -0.263 e. The average Bonchev–Trinajstić information content (AvgIpc) is 2.94. The first-order chi connectivity index (χ1) is 11.1. The molecule has 0 unspecified atom stereocenters. The monoisotopic (exact) mass is 322 g/mol. The van der Waals surface area contributed by atoms with Gasteiger partial charge in [-0.25, -0.2) is 0 Å². The van der Waals surface area contributed by atoms with Gasteiger partial charge in [0.25, 0.3) is 0 Å². The number of hydrogen-bond acceptors (Lipinski definition) is 3. The van der Waals surface area contributed by atoms with E-state index in [2.05, 4.69) is 38.0 Å². The van der Waals surface area contributed by atoms with E-state index in [1.807, 2.05) is 23.7 Å². The fraction of sp³-hybridized carbons (Fsp3) is 0.400. The van der Waals surface area contributed by atoms with Crippen molar-refractivity contribution in [3.63, 3.8) is 0 Å². The van der Waals surface area contributed by atoms with Crippen LogP contribution in [0.2, 0.25) is 0 Å². The zero-order valence-corrected chi connectivity index (χ0v) is 14.8. The molecule has 0 spiro atoms. The number of thiophene rings is 1. The summed E-state index contributed by atoms with van der Waals surface area (Å²) in [6, 6.07) is 2.26. The number of aromatic nitrogens is 2. The van der Waals surface area contributed by atoms with Gasteiger partial charge < -0.3 is 0 Å². The number of nitrogens with zero attached hydrogens (tertiary/aromatic N) is 2. The van der Waals surface area contributed by atoms with Gasteiger partial charge in [0.1, 0.15) is 0 Å². The van der Waals surface area contributed by atoms with Crippen molar-refractivity contribution in [2.24, 2.45) is 0 Å². The molecule has 0 fully saturated rings. The summed E-state index contributed by atoms with van der Waals surface area (Å²) in [6.45, 7) is 6.64. The minimum atomic E-state index is 0.514. The van der Waals surface area contributed by atoms with E-state index in [1.54, 1.807) is 10.4 Å².